The number of hydrogen-bond acceptors (Lipinski definition) is 8. The zero-order valence-electron chi connectivity index (χ0n) is 36.7. The van der Waals surface area contributed by atoms with Gasteiger partial charge in [0.25, 0.3) is 0 Å². The molecule has 2 aliphatic heterocycles. The van der Waals surface area contributed by atoms with Gasteiger partial charge in [-0.25, -0.2) is 9.59 Å². The molecule has 18 heteroatoms. The number of carboxylic acid groups (broad SMARTS) is 1. The van der Waals surface area contributed by atoms with Gasteiger partial charge in [-0.1, -0.05) is 81.4 Å². The van der Waals surface area contributed by atoms with E-state index in [-0.39, 0.29) is 86.8 Å². The monoisotopic (exact) mass is 878 g/mol. The number of ether oxygens (including phenoxy) is 1. The fourth-order valence-corrected chi connectivity index (χ4v) is 9.23. The minimum absolute atomic E-state index is 0. The van der Waals surface area contributed by atoms with Crippen LogP contribution in [0.2, 0.25) is 0 Å². The average Bonchev–Trinajstić information content (AvgIpc) is 3.57. The third kappa shape index (κ3) is 10.5. The molecule has 6 rings (SSSR count). The normalized spacial score (nSPS) is 25.5. The van der Waals surface area contributed by atoms with Gasteiger partial charge in [-0.2, -0.15) is 26.3 Å². The number of rotatable bonds is 8. The topological polar surface area (TPSA) is 158 Å². The Kier molecular flexibility index (Phi) is 14.9. The van der Waals surface area contributed by atoms with Gasteiger partial charge in [-0.3, -0.25) is 9.59 Å². The smallest absolute Gasteiger partial charge is 0.870 e. The number of benzene rings is 2. The number of carbonyl (C=O) groups excluding carboxylic acids is 3. The third-order valence-electron chi connectivity index (χ3n) is 12.9. The van der Waals surface area contributed by atoms with E-state index in [9.17, 15) is 50.6 Å². The maximum absolute atomic E-state index is 13.5. The Balaban J connectivity index is 0.000000315. The number of hydrogen-bond donors (Lipinski definition) is 3. The molecule has 4 N–H and O–H groups in total. The standard InChI is InChI=1S/C22H29F3N2O3.C21H27F3N2O3.Na.H2O/c1-20(2,3)17(26-13-9-7-8-12(10-13)22(23,24)25)18(28)27-11-14-15(21(14,4)5)16(27)19(29)30-6;1-19(2,3)16(25-12-8-6-7-11(9-12)21(22,23)24)17(27)26-10-13-14(20(13,4)5)15(26)18(28)29;;/h7-10,14-17,26H,11H2,1-6H3;6-9,13-16,25H,10H2,1-5H3,(H,28,29);;1H2/q;;+1;/p-1/t14-,15-,16-,17+;13-,14-,15-,16+;;/m00../s1. The summed E-state index contributed by atoms with van der Waals surface area (Å²) in [4.78, 5) is 54.2. The van der Waals surface area contributed by atoms with Crippen molar-refractivity contribution in [1.82, 2.24) is 9.80 Å². The van der Waals surface area contributed by atoms with Crippen LogP contribution in [0.15, 0.2) is 48.5 Å². The molecule has 334 valence electrons. The Morgan fingerprint density at radius 3 is 1.34 bits per heavy atom. The van der Waals surface area contributed by atoms with Gasteiger partial charge in [0.1, 0.15) is 24.2 Å². The molecule has 61 heavy (non-hydrogen) atoms. The molecule has 2 amide bonds. The van der Waals surface area contributed by atoms with Crippen LogP contribution in [0.3, 0.4) is 0 Å². The summed E-state index contributed by atoms with van der Waals surface area (Å²) in [7, 11) is 1.30. The Bertz CT molecular complexity index is 1960. The minimum atomic E-state index is -4.49. The van der Waals surface area contributed by atoms with E-state index in [4.69, 9.17) is 4.74 Å². The fourth-order valence-electron chi connectivity index (χ4n) is 9.23. The van der Waals surface area contributed by atoms with Crippen molar-refractivity contribution in [3.05, 3.63) is 59.7 Å². The molecule has 2 aromatic carbocycles. The Labute approximate surface area is 375 Å². The van der Waals surface area contributed by atoms with Crippen LogP contribution in [0.1, 0.15) is 80.4 Å². The molecular formula is C43H57F6N4NaO7. The van der Waals surface area contributed by atoms with Crippen molar-refractivity contribution in [3.63, 3.8) is 0 Å². The Morgan fingerprint density at radius 2 is 1.03 bits per heavy atom. The number of aliphatic carboxylic acids is 1. The van der Waals surface area contributed by atoms with E-state index in [1.807, 2.05) is 34.6 Å². The van der Waals surface area contributed by atoms with Crippen molar-refractivity contribution in [3.8, 4) is 0 Å². The number of esters is 1. The summed E-state index contributed by atoms with van der Waals surface area (Å²) < 4.78 is 83.3. The van der Waals surface area contributed by atoms with E-state index in [1.165, 1.54) is 36.3 Å². The molecule has 2 aliphatic carbocycles. The van der Waals surface area contributed by atoms with Gasteiger partial charge in [0.05, 0.1) is 18.2 Å². The number of nitrogens with zero attached hydrogens (tertiary/aromatic N) is 2. The summed E-state index contributed by atoms with van der Waals surface area (Å²) in [6, 6.07) is 6.22. The van der Waals surface area contributed by atoms with Gasteiger partial charge >= 0.3 is 53.8 Å². The van der Waals surface area contributed by atoms with Gasteiger partial charge in [0.2, 0.25) is 11.8 Å². The van der Waals surface area contributed by atoms with Gasteiger partial charge in [-0.15, -0.1) is 0 Å². The largest absolute Gasteiger partial charge is 1.00 e. The summed E-state index contributed by atoms with van der Waals surface area (Å²) >= 11 is 0. The molecule has 11 nitrogen and oxygen atoms in total. The molecule has 2 saturated carbocycles. The van der Waals surface area contributed by atoms with Crippen LogP contribution in [0.4, 0.5) is 37.7 Å². The van der Waals surface area contributed by atoms with Crippen LogP contribution < -0.4 is 40.2 Å². The van der Waals surface area contributed by atoms with E-state index in [0.717, 1.165) is 24.3 Å². The molecule has 0 aromatic heterocycles. The number of piperidine rings is 2. The molecule has 0 bridgehead atoms. The maximum atomic E-state index is 13.5. The number of amides is 2. The summed E-state index contributed by atoms with van der Waals surface area (Å²) in [5.74, 6) is -1.93. The van der Waals surface area contributed by atoms with Crippen molar-refractivity contribution >= 4 is 35.1 Å². The maximum Gasteiger partial charge on any atom is 1.00 e. The van der Waals surface area contributed by atoms with E-state index in [0.29, 0.717) is 13.1 Å². The number of alkyl halides is 6. The quantitative estimate of drug-likeness (QED) is 0.186. The van der Waals surface area contributed by atoms with Crippen LogP contribution in [-0.4, -0.2) is 88.5 Å². The minimum Gasteiger partial charge on any atom is -0.870 e. The van der Waals surface area contributed by atoms with Crippen LogP contribution in [0.25, 0.3) is 0 Å². The number of nitrogens with one attached hydrogen (secondary N) is 2. The van der Waals surface area contributed by atoms with Crippen molar-refractivity contribution < 1.29 is 90.4 Å². The molecule has 4 fully saturated rings. The van der Waals surface area contributed by atoms with Crippen LogP contribution in [0.5, 0.6) is 0 Å². The number of likely N-dealkylation sites (tertiary alicyclic amines) is 2. The predicted molar refractivity (Wildman–Crippen MR) is 211 cm³/mol. The molecule has 2 saturated heterocycles. The molecule has 0 unspecified atom stereocenters. The molecule has 2 aromatic rings. The number of fused-ring (bicyclic) bond motifs is 2. The number of carbonyl (C=O) groups is 4. The predicted octanol–water partition coefficient (Wildman–Crippen LogP) is 5.11. The molecule has 2 heterocycles. The SMILES string of the molecule is CC(C)(C)[C@H](Nc1cccc(C(F)(F)F)c1)C(=O)N1C[C@H]2[C@@H]([C@H]1C(=O)O)C2(C)C.COC(=O)[C@@H]1[C@@H]2[C@H](CN1C(=O)[C@@H](Nc1cccc(C(F)(F)F)c1)C(C)(C)C)C2(C)C.[Na+].[OH-]. The second-order valence-corrected chi connectivity index (χ2v) is 19.7. The summed E-state index contributed by atoms with van der Waals surface area (Å²) in [6.45, 7) is 19.8. The number of carboxylic acids is 1. The van der Waals surface area contributed by atoms with Gasteiger partial charge in [0.15, 0.2) is 0 Å². The van der Waals surface area contributed by atoms with E-state index in [2.05, 4.69) is 24.5 Å². The van der Waals surface area contributed by atoms with E-state index in [1.54, 1.807) is 25.7 Å². The second-order valence-electron chi connectivity index (χ2n) is 19.7. The van der Waals surface area contributed by atoms with E-state index >= 15 is 0 Å². The third-order valence-corrected chi connectivity index (χ3v) is 12.9. The van der Waals surface area contributed by atoms with Crippen LogP contribution >= 0.6 is 0 Å². The Hall–Kier alpha value is -3.54. The summed E-state index contributed by atoms with van der Waals surface area (Å²) in [5, 5.41) is 15.6. The summed E-state index contributed by atoms with van der Waals surface area (Å²) in [5.41, 5.74) is -2.63. The fraction of sp³-hybridized carbons (Fsp3) is 0.628. The number of halogens is 6. The van der Waals surface area contributed by atoms with Gasteiger partial charge < -0.3 is 35.8 Å². The van der Waals surface area contributed by atoms with Crippen molar-refractivity contribution in [1.29, 1.82) is 0 Å². The summed E-state index contributed by atoms with van der Waals surface area (Å²) in [6.07, 6.45) is -8.97. The van der Waals surface area contributed by atoms with Crippen molar-refractivity contribution in [2.75, 3.05) is 30.8 Å². The van der Waals surface area contributed by atoms with Gasteiger partial charge in [0, 0.05) is 36.3 Å². The molecule has 0 spiro atoms. The zero-order chi connectivity index (χ0) is 44.6. The first-order valence-corrected chi connectivity index (χ1v) is 19.6. The number of anilines is 2. The first-order chi connectivity index (χ1) is 26.8. The molecular weight excluding hydrogens is 821 g/mol. The second kappa shape index (κ2) is 17.6. The number of methoxy groups -OCH3 is 1. The van der Waals surface area contributed by atoms with Gasteiger partial charge in [-0.05, 0) is 69.9 Å². The Morgan fingerprint density at radius 1 is 0.689 bits per heavy atom. The van der Waals surface area contributed by atoms with Crippen molar-refractivity contribution in [2.24, 2.45) is 45.3 Å². The average molecular weight is 879 g/mol. The van der Waals surface area contributed by atoms with Crippen LogP contribution in [-0.2, 0) is 36.3 Å². The molecule has 8 atom stereocenters. The molecule has 0 radical (unpaired) electrons. The first kappa shape index (κ1) is 51.8. The van der Waals surface area contributed by atoms with E-state index < -0.39 is 76.3 Å². The van der Waals surface area contributed by atoms with Crippen molar-refractivity contribution in [2.45, 2.75) is 106 Å². The molecule has 4 aliphatic rings. The first-order valence-electron chi connectivity index (χ1n) is 19.6. The van der Waals surface area contributed by atoms with Crippen LogP contribution in [0, 0.1) is 45.3 Å². The zero-order valence-corrected chi connectivity index (χ0v) is 38.7.